The summed E-state index contributed by atoms with van der Waals surface area (Å²) in [6.45, 7) is 0. The Kier molecular flexibility index (Phi) is 2.83. The van der Waals surface area contributed by atoms with Crippen LogP contribution in [0.5, 0.6) is 5.75 Å². The Labute approximate surface area is 111 Å². The molecular weight excluding hydrogens is 238 g/mol. The molecule has 0 saturated heterocycles. The lowest BCUT2D eigenvalue weighted by Gasteiger charge is -2.07. The third-order valence-corrected chi connectivity index (χ3v) is 3.17. The molecule has 3 rings (SSSR count). The van der Waals surface area contributed by atoms with Crippen molar-refractivity contribution >= 4 is 11.2 Å². The third kappa shape index (κ3) is 2.12. The predicted molar refractivity (Wildman–Crippen MR) is 75.4 cm³/mol. The highest BCUT2D eigenvalue weighted by atomic mass is 16.5. The summed E-state index contributed by atoms with van der Waals surface area (Å²) >= 11 is 0. The number of imidazole rings is 1. The maximum absolute atomic E-state index is 5.83. The molecule has 0 bridgehead atoms. The van der Waals surface area contributed by atoms with Crippen LogP contribution in [0.4, 0.5) is 5.69 Å². The summed E-state index contributed by atoms with van der Waals surface area (Å²) in [5, 5.41) is 0. The van der Waals surface area contributed by atoms with Crippen molar-refractivity contribution in [2.24, 2.45) is 0 Å². The van der Waals surface area contributed by atoms with Crippen LogP contribution in [0.15, 0.2) is 48.8 Å². The van der Waals surface area contributed by atoms with Crippen LogP contribution in [0, 0.1) is 0 Å². The smallest absolute Gasteiger partial charge is 0.122 e. The number of pyridine rings is 1. The molecule has 0 aliphatic rings. The second kappa shape index (κ2) is 4.65. The van der Waals surface area contributed by atoms with E-state index in [0.717, 1.165) is 28.3 Å². The van der Waals surface area contributed by atoms with Gasteiger partial charge in [-0.25, -0.2) is 4.98 Å². The molecule has 0 aliphatic carbocycles. The Balaban J connectivity index is 2.03. The van der Waals surface area contributed by atoms with Crippen LogP contribution in [0.25, 0.3) is 5.52 Å². The van der Waals surface area contributed by atoms with E-state index >= 15 is 0 Å². The van der Waals surface area contributed by atoms with Gasteiger partial charge in [0, 0.05) is 23.9 Å². The maximum atomic E-state index is 5.83. The number of rotatable bonds is 3. The van der Waals surface area contributed by atoms with Crippen molar-refractivity contribution in [3.05, 3.63) is 60.2 Å². The van der Waals surface area contributed by atoms with Gasteiger partial charge >= 0.3 is 0 Å². The normalized spacial score (nSPS) is 10.8. The summed E-state index contributed by atoms with van der Waals surface area (Å²) in [6.07, 6.45) is 4.46. The lowest BCUT2D eigenvalue weighted by atomic mass is 10.1. The molecule has 4 heteroatoms. The number of nitrogen functional groups attached to an aromatic ring is 1. The number of nitrogens with two attached hydrogens (primary N) is 1. The first-order valence-electron chi connectivity index (χ1n) is 6.11. The van der Waals surface area contributed by atoms with E-state index in [0.29, 0.717) is 6.42 Å². The number of benzene rings is 1. The Hall–Kier alpha value is -2.49. The molecule has 0 fully saturated rings. The highest BCUT2D eigenvalue weighted by molar-refractivity contribution is 5.52. The van der Waals surface area contributed by atoms with E-state index in [1.165, 1.54) is 0 Å². The molecule has 2 N–H and O–H groups in total. The minimum absolute atomic E-state index is 0.710. The topological polar surface area (TPSA) is 52.5 Å². The average Bonchev–Trinajstić information content (AvgIpc) is 2.82. The van der Waals surface area contributed by atoms with Gasteiger partial charge in [0.25, 0.3) is 0 Å². The monoisotopic (exact) mass is 253 g/mol. The Morgan fingerprint density at radius 2 is 2.05 bits per heavy atom. The van der Waals surface area contributed by atoms with Gasteiger partial charge in [0.1, 0.15) is 11.6 Å². The first-order chi connectivity index (χ1) is 9.28. The van der Waals surface area contributed by atoms with Gasteiger partial charge in [0.2, 0.25) is 0 Å². The molecule has 19 heavy (non-hydrogen) atoms. The van der Waals surface area contributed by atoms with Crippen LogP contribution in [0.1, 0.15) is 11.4 Å². The van der Waals surface area contributed by atoms with Crippen molar-refractivity contribution < 1.29 is 4.74 Å². The van der Waals surface area contributed by atoms with Gasteiger partial charge < -0.3 is 14.9 Å². The number of fused-ring (bicyclic) bond motifs is 1. The van der Waals surface area contributed by atoms with Crippen LogP contribution >= 0.6 is 0 Å². The summed E-state index contributed by atoms with van der Waals surface area (Å²) in [5.41, 5.74) is 8.71. The molecular formula is C15H15N3O. The van der Waals surface area contributed by atoms with Crippen molar-refractivity contribution in [2.45, 2.75) is 6.42 Å². The lowest BCUT2D eigenvalue weighted by molar-refractivity contribution is 0.410. The van der Waals surface area contributed by atoms with Crippen molar-refractivity contribution in [1.29, 1.82) is 0 Å². The first-order valence-corrected chi connectivity index (χ1v) is 6.11. The SMILES string of the molecule is COc1ccccc1Cc1ncc2ccc(N)cn12. The highest BCUT2D eigenvalue weighted by Gasteiger charge is 2.08. The fourth-order valence-corrected chi connectivity index (χ4v) is 2.21. The van der Waals surface area contributed by atoms with E-state index in [1.54, 1.807) is 7.11 Å². The second-order valence-corrected chi connectivity index (χ2v) is 4.42. The molecule has 0 amide bonds. The molecule has 0 aliphatic heterocycles. The number of aromatic nitrogens is 2. The van der Waals surface area contributed by atoms with Crippen LogP contribution < -0.4 is 10.5 Å². The minimum Gasteiger partial charge on any atom is -0.496 e. The largest absolute Gasteiger partial charge is 0.496 e. The van der Waals surface area contributed by atoms with Crippen LogP contribution in [-0.2, 0) is 6.42 Å². The van der Waals surface area contributed by atoms with Crippen LogP contribution in [0.2, 0.25) is 0 Å². The maximum Gasteiger partial charge on any atom is 0.122 e. The number of anilines is 1. The number of methoxy groups -OCH3 is 1. The Morgan fingerprint density at radius 1 is 1.21 bits per heavy atom. The number of ether oxygens (including phenoxy) is 1. The van der Waals surface area contributed by atoms with Gasteiger partial charge in [-0.3, -0.25) is 0 Å². The van der Waals surface area contributed by atoms with Crippen LogP contribution in [-0.4, -0.2) is 16.5 Å². The minimum atomic E-state index is 0.710. The molecule has 0 spiro atoms. The van der Waals surface area contributed by atoms with Gasteiger partial charge in [-0.2, -0.15) is 0 Å². The zero-order chi connectivity index (χ0) is 13.2. The molecule has 2 aromatic heterocycles. The van der Waals surface area contributed by atoms with E-state index in [4.69, 9.17) is 10.5 Å². The van der Waals surface area contributed by atoms with Gasteiger partial charge in [-0.05, 0) is 18.2 Å². The van der Waals surface area contributed by atoms with Gasteiger partial charge in [-0.15, -0.1) is 0 Å². The molecule has 0 unspecified atom stereocenters. The fraction of sp³-hybridized carbons (Fsp3) is 0.133. The lowest BCUT2D eigenvalue weighted by Crippen LogP contribution is -1.99. The number of para-hydroxylation sites is 1. The summed E-state index contributed by atoms with van der Waals surface area (Å²) in [4.78, 5) is 4.46. The predicted octanol–water partition coefficient (Wildman–Crippen LogP) is 2.52. The van der Waals surface area contributed by atoms with Crippen molar-refractivity contribution in [3.63, 3.8) is 0 Å². The standard InChI is InChI=1S/C15H15N3O/c1-19-14-5-3-2-4-11(14)8-15-17-9-13-7-6-12(16)10-18(13)15/h2-7,9-10H,8,16H2,1H3. The Bertz CT molecular complexity index is 718. The molecule has 0 atom stereocenters. The van der Waals surface area contributed by atoms with E-state index in [-0.39, 0.29) is 0 Å². The second-order valence-electron chi connectivity index (χ2n) is 4.42. The van der Waals surface area contributed by atoms with E-state index in [1.807, 2.05) is 53.2 Å². The first kappa shape index (κ1) is 11.6. The molecule has 0 saturated carbocycles. The molecule has 3 aromatic rings. The van der Waals surface area contributed by atoms with Gasteiger partial charge in [-0.1, -0.05) is 18.2 Å². The summed E-state index contributed by atoms with van der Waals surface area (Å²) in [5.74, 6) is 1.83. The van der Waals surface area contributed by atoms with E-state index < -0.39 is 0 Å². The zero-order valence-corrected chi connectivity index (χ0v) is 10.7. The quantitative estimate of drug-likeness (QED) is 0.780. The fourth-order valence-electron chi connectivity index (χ4n) is 2.21. The molecule has 2 heterocycles. The molecule has 4 nitrogen and oxygen atoms in total. The van der Waals surface area contributed by atoms with Crippen molar-refractivity contribution in [3.8, 4) is 5.75 Å². The van der Waals surface area contributed by atoms with Crippen molar-refractivity contribution in [1.82, 2.24) is 9.38 Å². The van der Waals surface area contributed by atoms with Crippen LogP contribution in [0.3, 0.4) is 0 Å². The molecule has 0 radical (unpaired) electrons. The van der Waals surface area contributed by atoms with E-state index in [2.05, 4.69) is 4.98 Å². The summed E-state index contributed by atoms with van der Waals surface area (Å²) < 4.78 is 7.38. The van der Waals surface area contributed by atoms with Gasteiger partial charge in [0.15, 0.2) is 0 Å². The van der Waals surface area contributed by atoms with Crippen molar-refractivity contribution in [2.75, 3.05) is 12.8 Å². The number of nitrogens with zero attached hydrogens (tertiary/aromatic N) is 2. The van der Waals surface area contributed by atoms with E-state index in [9.17, 15) is 0 Å². The average molecular weight is 253 g/mol. The van der Waals surface area contributed by atoms with Gasteiger partial charge in [0.05, 0.1) is 18.8 Å². The summed E-state index contributed by atoms with van der Waals surface area (Å²) in [7, 11) is 1.68. The molecule has 96 valence electrons. The zero-order valence-electron chi connectivity index (χ0n) is 10.7. The highest BCUT2D eigenvalue weighted by Crippen LogP contribution is 2.21. The Morgan fingerprint density at radius 3 is 2.89 bits per heavy atom. The number of hydrogen-bond donors (Lipinski definition) is 1. The summed E-state index contributed by atoms with van der Waals surface area (Å²) in [6, 6.07) is 11.8. The number of hydrogen-bond acceptors (Lipinski definition) is 3. The molecule has 1 aromatic carbocycles. The third-order valence-electron chi connectivity index (χ3n) is 3.17.